The molecule has 1 atom stereocenters. The van der Waals surface area contributed by atoms with Crippen molar-refractivity contribution in [1.29, 1.82) is 0 Å². The van der Waals surface area contributed by atoms with Crippen LogP contribution in [0.3, 0.4) is 0 Å². The third-order valence-electron chi connectivity index (χ3n) is 2.60. The molecule has 1 heterocycles. The van der Waals surface area contributed by atoms with Gasteiger partial charge in [0.2, 0.25) is 6.33 Å². The minimum atomic E-state index is -1.02. The summed E-state index contributed by atoms with van der Waals surface area (Å²) in [5.74, 6) is -0.978. The SMILES string of the molecule is COC(=O)[C@@H](CSc1c([N+](=O)[O-])ncn1C)NC(=O)OC(C)(C)C. The van der Waals surface area contributed by atoms with E-state index in [-0.39, 0.29) is 16.6 Å². The van der Waals surface area contributed by atoms with Crippen LogP contribution in [-0.4, -0.2) is 51.0 Å². The molecule has 0 aliphatic carbocycles. The lowest BCUT2D eigenvalue weighted by atomic mass is 10.2. The first-order valence-corrected chi connectivity index (χ1v) is 7.89. The highest BCUT2D eigenvalue weighted by atomic mass is 32.2. The van der Waals surface area contributed by atoms with Gasteiger partial charge in [-0.1, -0.05) is 11.8 Å². The molecule has 1 N–H and O–H groups in total. The van der Waals surface area contributed by atoms with Gasteiger partial charge in [-0.15, -0.1) is 0 Å². The molecule has 1 aromatic heterocycles. The number of thioether (sulfide) groups is 1. The highest BCUT2D eigenvalue weighted by Gasteiger charge is 2.28. The van der Waals surface area contributed by atoms with E-state index in [9.17, 15) is 19.7 Å². The number of nitrogens with zero attached hydrogens (tertiary/aromatic N) is 3. The van der Waals surface area contributed by atoms with Crippen molar-refractivity contribution >= 4 is 29.6 Å². The molecular formula is C13H20N4O6S. The van der Waals surface area contributed by atoms with Gasteiger partial charge in [-0.3, -0.25) is 0 Å². The largest absolute Gasteiger partial charge is 0.467 e. The van der Waals surface area contributed by atoms with Crippen molar-refractivity contribution in [3.05, 3.63) is 16.4 Å². The Hall–Kier alpha value is -2.30. The van der Waals surface area contributed by atoms with Gasteiger partial charge < -0.3 is 29.5 Å². The summed E-state index contributed by atoms with van der Waals surface area (Å²) in [7, 11) is 2.78. The van der Waals surface area contributed by atoms with Gasteiger partial charge in [-0.2, -0.15) is 0 Å². The Morgan fingerprint density at radius 2 is 2.12 bits per heavy atom. The van der Waals surface area contributed by atoms with Gasteiger partial charge in [0.25, 0.3) is 0 Å². The molecular weight excluding hydrogens is 340 g/mol. The van der Waals surface area contributed by atoms with Gasteiger partial charge in [0.05, 0.1) is 7.11 Å². The highest BCUT2D eigenvalue weighted by molar-refractivity contribution is 7.99. The number of amides is 1. The van der Waals surface area contributed by atoms with Gasteiger partial charge in [-0.05, 0) is 30.7 Å². The molecule has 134 valence electrons. The summed E-state index contributed by atoms with van der Waals surface area (Å²) in [6.45, 7) is 5.06. The molecule has 0 aliphatic rings. The zero-order valence-corrected chi connectivity index (χ0v) is 14.9. The number of hydrogen-bond donors (Lipinski definition) is 1. The molecule has 0 aromatic carbocycles. The molecule has 11 heteroatoms. The molecule has 1 rings (SSSR count). The van der Waals surface area contributed by atoms with Crippen LogP contribution < -0.4 is 5.32 Å². The van der Waals surface area contributed by atoms with Crippen LogP contribution in [0.5, 0.6) is 0 Å². The number of esters is 1. The first kappa shape index (κ1) is 19.7. The molecule has 0 unspecified atom stereocenters. The first-order chi connectivity index (χ1) is 11.0. The molecule has 0 saturated carbocycles. The molecule has 24 heavy (non-hydrogen) atoms. The Morgan fingerprint density at radius 3 is 2.62 bits per heavy atom. The van der Waals surface area contributed by atoms with Crippen LogP contribution in [0.4, 0.5) is 10.6 Å². The Bertz CT molecular complexity index is 624. The number of alkyl carbamates (subject to hydrolysis) is 1. The third-order valence-corrected chi connectivity index (χ3v) is 3.85. The number of methoxy groups -OCH3 is 1. The Balaban J connectivity index is 2.81. The lowest BCUT2D eigenvalue weighted by Crippen LogP contribution is -2.45. The minimum absolute atomic E-state index is 0.0201. The van der Waals surface area contributed by atoms with Crippen molar-refractivity contribution in [2.45, 2.75) is 37.4 Å². The number of rotatable bonds is 6. The number of aryl methyl sites for hydroxylation is 1. The zero-order chi connectivity index (χ0) is 18.5. The molecule has 0 fully saturated rings. The van der Waals surface area contributed by atoms with Gasteiger partial charge >= 0.3 is 17.9 Å². The van der Waals surface area contributed by atoms with Crippen LogP contribution in [-0.2, 0) is 21.3 Å². The quantitative estimate of drug-likeness (QED) is 0.350. The number of nitro groups is 1. The fourth-order valence-corrected chi connectivity index (χ4v) is 2.67. The molecule has 1 aromatic rings. The third kappa shape index (κ3) is 5.72. The van der Waals surface area contributed by atoms with Crippen molar-refractivity contribution in [3.8, 4) is 0 Å². The van der Waals surface area contributed by atoms with Crippen molar-refractivity contribution in [1.82, 2.24) is 14.9 Å². The normalized spacial score (nSPS) is 12.4. The van der Waals surface area contributed by atoms with Crippen molar-refractivity contribution in [2.24, 2.45) is 7.05 Å². The van der Waals surface area contributed by atoms with E-state index in [1.54, 1.807) is 27.8 Å². The van der Waals surface area contributed by atoms with Gasteiger partial charge in [0.1, 0.15) is 11.6 Å². The molecule has 0 saturated heterocycles. The van der Waals surface area contributed by atoms with Crippen LogP contribution >= 0.6 is 11.8 Å². The summed E-state index contributed by atoms with van der Waals surface area (Å²) in [5, 5.41) is 13.6. The van der Waals surface area contributed by atoms with Gasteiger partial charge in [0.15, 0.2) is 5.03 Å². The average molecular weight is 360 g/mol. The van der Waals surface area contributed by atoms with Crippen LogP contribution in [0.25, 0.3) is 0 Å². The smallest absolute Gasteiger partial charge is 0.408 e. The Labute approximate surface area is 143 Å². The maximum absolute atomic E-state index is 11.8. The topological polar surface area (TPSA) is 126 Å². The number of hydrogen-bond acceptors (Lipinski definition) is 8. The van der Waals surface area contributed by atoms with E-state index < -0.39 is 28.6 Å². The number of carbonyl (C=O) groups excluding carboxylic acids is 2. The Morgan fingerprint density at radius 1 is 1.50 bits per heavy atom. The van der Waals surface area contributed by atoms with E-state index in [2.05, 4.69) is 15.0 Å². The van der Waals surface area contributed by atoms with E-state index in [1.807, 2.05) is 0 Å². The molecule has 1 amide bonds. The van der Waals surface area contributed by atoms with Crippen LogP contribution in [0.2, 0.25) is 0 Å². The fraction of sp³-hybridized carbons (Fsp3) is 0.615. The number of nitrogens with one attached hydrogen (secondary N) is 1. The number of imidazole rings is 1. The predicted molar refractivity (Wildman–Crippen MR) is 85.8 cm³/mol. The Kier molecular flexibility index (Phi) is 6.58. The summed E-state index contributed by atoms with van der Waals surface area (Å²) >= 11 is 1.01. The van der Waals surface area contributed by atoms with E-state index >= 15 is 0 Å². The lowest BCUT2D eigenvalue weighted by molar-refractivity contribution is -0.392. The highest BCUT2D eigenvalue weighted by Crippen LogP contribution is 2.27. The second-order valence-corrected chi connectivity index (χ2v) is 6.78. The number of aromatic nitrogens is 2. The molecule has 0 spiro atoms. The van der Waals surface area contributed by atoms with E-state index in [0.29, 0.717) is 0 Å². The van der Waals surface area contributed by atoms with Crippen molar-refractivity contribution in [3.63, 3.8) is 0 Å². The fourth-order valence-electron chi connectivity index (χ4n) is 1.62. The molecule has 0 bridgehead atoms. The van der Waals surface area contributed by atoms with E-state index in [0.717, 1.165) is 11.8 Å². The van der Waals surface area contributed by atoms with Crippen molar-refractivity contribution in [2.75, 3.05) is 12.9 Å². The average Bonchev–Trinajstić information content (AvgIpc) is 2.81. The van der Waals surface area contributed by atoms with E-state index in [1.165, 1.54) is 18.0 Å². The summed E-state index contributed by atoms with van der Waals surface area (Å²) in [6.07, 6.45) is 0.521. The molecule has 0 radical (unpaired) electrons. The molecule has 10 nitrogen and oxygen atoms in total. The summed E-state index contributed by atoms with van der Waals surface area (Å²) < 4.78 is 11.2. The van der Waals surface area contributed by atoms with Gasteiger partial charge in [0, 0.05) is 12.8 Å². The maximum atomic E-state index is 11.8. The summed E-state index contributed by atoms with van der Waals surface area (Å²) in [6, 6.07) is -1.02. The standard InChI is InChI=1S/C13H20N4O6S/c1-13(2,3)23-12(19)15-8(11(18)22-5)6-24-10-9(17(20)21)14-7-16(10)4/h7-8H,6H2,1-5H3,(H,15,19)/t8-/m1/s1. The number of carbonyl (C=O) groups is 2. The van der Waals surface area contributed by atoms with E-state index in [4.69, 9.17) is 4.74 Å². The second-order valence-electron chi connectivity index (χ2n) is 5.77. The minimum Gasteiger partial charge on any atom is -0.467 e. The zero-order valence-electron chi connectivity index (χ0n) is 14.1. The monoisotopic (exact) mass is 360 g/mol. The lowest BCUT2D eigenvalue weighted by Gasteiger charge is -2.22. The number of ether oxygens (including phenoxy) is 2. The van der Waals surface area contributed by atoms with Crippen molar-refractivity contribution < 1.29 is 24.0 Å². The summed E-state index contributed by atoms with van der Waals surface area (Å²) in [5.41, 5.74) is -0.723. The first-order valence-electron chi connectivity index (χ1n) is 6.91. The van der Waals surface area contributed by atoms with Crippen LogP contribution in [0.1, 0.15) is 20.8 Å². The van der Waals surface area contributed by atoms with Crippen LogP contribution in [0.15, 0.2) is 11.4 Å². The summed E-state index contributed by atoms with van der Waals surface area (Å²) in [4.78, 5) is 37.6. The second kappa shape index (κ2) is 7.99. The van der Waals surface area contributed by atoms with Crippen LogP contribution in [0, 0.1) is 10.1 Å². The van der Waals surface area contributed by atoms with Gasteiger partial charge in [-0.25, -0.2) is 9.59 Å². The predicted octanol–water partition coefficient (Wildman–Crippen LogP) is 1.49. The maximum Gasteiger partial charge on any atom is 0.408 e. The molecule has 0 aliphatic heterocycles.